The molecular weight excluding hydrogens is 267 g/mol. The first-order chi connectivity index (χ1) is 9.13. The predicted molar refractivity (Wildman–Crippen MR) is 69.1 cm³/mol. The van der Waals surface area contributed by atoms with E-state index in [1.165, 1.54) is 0 Å². The number of hydrogen-bond donors (Lipinski definition) is 0. The topological polar surface area (TPSA) is 66.4 Å². The molecule has 0 aromatic heterocycles. The van der Waals surface area contributed by atoms with Crippen molar-refractivity contribution in [3.63, 3.8) is 0 Å². The molecule has 0 unspecified atom stereocenters. The molecule has 2 aromatic rings. The standard InChI is InChI=1S/C15H14O4.Na/c1-19-14-8-6-11(13(16)7-9-15(17)18)10-4-2-3-5-12(10)14;/h2-6,8H,7,9H2,1H3,(H,17,18);/q;+1/p-1. The number of carboxylic acids is 1. The largest absolute Gasteiger partial charge is 1.00 e. The number of ether oxygens (including phenoxy) is 1. The summed E-state index contributed by atoms with van der Waals surface area (Å²) < 4.78 is 5.24. The summed E-state index contributed by atoms with van der Waals surface area (Å²) >= 11 is 0. The number of aliphatic carboxylic acids is 1. The van der Waals surface area contributed by atoms with E-state index >= 15 is 0 Å². The van der Waals surface area contributed by atoms with Gasteiger partial charge in [0.15, 0.2) is 5.78 Å². The number of methoxy groups -OCH3 is 1. The quantitative estimate of drug-likeness (QED) is 0.497. The molecule has 0 N–H and O–H groups in total. The summed E-state index contributed by atoms with van der Waals surface area (Å²) in [5, 5.41) is 12.0. The molecule has 0 spiro atoms. The van der Waals surface area contributed by atoms with E-state index in [9.17, 15) is 14.7 Å². The van der Waals surface area contributed by atoms with E-state index in [2.05, 4.69) is 0 Å². The number of fused-ring (bicyclic) bond motifs is 1. The smallest absolute Gasteiger partial charge is 0.550 e. The van der Waals surface area contributed by atoms with Crippen molar-refractivity contribution < 1.29 is 49.0 Å². The molecule has 0 amide bonds. The van der Waals surface area contributed by atoms with Crippen molar-refractivity contribution in [1.82, 2.24) is 0 Å². The van der Waals surface area contributed by atoms with Gasteiger partial charge in [-0.3, -0.25) is 4.79 Å². The number of carbonyl (C=O) groups excluding carboxylic acids is 2. The molecule has 0 radical (unpaired) electrons. The molecule has 2 rings (SSSR count). The van der Waals surface area contributed by atoms with Gasteiger partial charge in [0.05, 0.1) is 7.11 Å². The fourth-order valence-corrected chi connectivity index (χ4v) is 2.04. The van der Waals surface area contributed by atoms with Crippen molar-refractivity contribution in [2.45, 2.75) is 12.8 Å². The number of hydrogen-bond acceptors (Lipinski definition) is 4. The van der Waals surface area contributed by atoms with Crippen molar-refractivity contribution in [1.29, 1.82) is 0 Å². The zero-order valence-electron chi connectivity index (χ0n) is 11.5. The van der Waals surface area contributed by atoms with Crippen LogP contribution < -0.4 is 39.4 Å². The molecule has 0 saturated heterocycles. The van der Waals surface area contributed by atoms with Crippen LogP contribution in [0.5, 0.6) is 5.75 Å². The fourth-order valence-electron chi connectivity index (χ4n) is 2.04. The second-order valence-corrected chi connectivity index (χ2v) is 4.16. The average molecular weight is 280 g/mol. The first kappa shape index (κ1) is 16.7. The first-order valence-corrected chi connectivity index (χ1v) is 5.92. The van der Waals surface area contributed by atoms with E-state index < -0.39 is 5.97 Å². The third-order valence-corrected chi connectivity index (χ3v) is 2.96. The van der Waals surface area contributed by atoms with Gasteiger partial charge in [0, 0.05) is 23.3 Å². The van der Waals surface area contributed by atoms with Gasteiger partial charge in [0.1, 0.15) is 5.75 Å². The van der Waals surface area contributed by atoms with Gasteiger partial charge in [0.25, 0.3) is 0 Å². The Morgan fingerprint density at radius 3 is 2.30 bits per heavy atom. The Kier molecular flexibility index (Phi) is 6.20. The van der Waals surface area contributed by atoms with Crippen LogP contribution in [0.25, 0.3) is 10.8 Å². The van der Waals surface area contributed by atoms with Crippen LogP contribution in [0.4, 0.5) is 0 Å². The normalized spacial score (nSPS) is 9.85. The predicted octanol–water partition coefficient (Wildman–Crippen LogP) is -1.43. The van der Waals surface area contributed by atoms with E-state index in [4.69, 9.17) is 4.74 Å². The monoisotopic (exact) mass is 280 g/mol. The van der Waals surface area contributed by atoms with Gasteiger partial charge in [-0.2, -0.15) is 0 Å². The zero-order valence-corrected chi connectivity index (χ0v) is 13.5. The summed E-state index contributed by atoms with van der Waals surface area (Å²) in [5.74, 6) is -0.735. The van der Waals surface area contributed by atoms with Gasteiger partial charge >= 0.3 is 29.6 Å². The average Bonchev–Trinajstić information content (AvgIpc) is 2.43. The Bertz CT molecular complexity index is 637. The molecule has 0 aliphatic carbocycles. The van der Waals surface area contributed by atoms with Gasteiger partial charge in [-0.25, -0.2) is 0 Å². The minimum atomic E-state index is -1.22. The van der Waals surface area contributed by atoms with Crippen molar-refractivity contribution in [3.05, 3.63) is 42.0 Å². The Balaban J connectivity index is 0.00000200. The molecular formula is C15H13NaO4. The third kappa shape index (κ3) is 3.60. The number of benzene rings is 2. The molecule has 0 aliphatic rings. The molecule has 0 atom stereocenters. The van der Waals surface area contributed by atoms with Gasteiger partial charge in [-0.1, -0.05) is 24.3 Å². The van der Waals surface area contributed by atoms with Crippen molar-refractivity contribution >= 4 is 22.5 Å². The number of carbonyl (C=O) groups is 2. The SMILES string of the molecule is COc1ccc(C(=O)CCC(=O)[O-])c2ccccc12.[Na+]. The Labute approximate surface area is 139 Å². The molecule has 0 saturated carbocycles. The van der Waals surface area contributed by atoms with Crippen LogP contribution in [-0.4, -0.2) is 18.9 Å². The maximum Gasteiger partial charge on any atom is 1.00 e. The van der Waals surface area contributed by atoms with Crippen LogP contribution in [0.2, 0.25) is 0 Å². The fraction of sp³-hybridized carbons (Fsp3) is 0.200. The van der Waals surface area contributed by atoms with Crippen LogP contribution in [0, 0.1) is 0 Å². The van der Waals surface area contributed by atoms with Crippen LogP contribution in [0.3, 0.4) is 0 Å². The molecule has 0 bridgehead atoms. The molecule has 0 fully saturated rings. The molecule has 98 valence electrons. The maximum atomic E-state index is 12.0. The second kappa shape index (κ2) is 7.43. The van der Waals surface area contributed by atoms with Crippen LogP contribution in [0.15, 0.2) is 36.4 Å². The molecule has 4 nitrogen and oxygen atoms in total. The first-order valence-electron chi connectivity index (χ1n) is 5.92. The summed E-state index contributed by atoms with van der Waals surface area (Å²) in [6.45, 7) is 0. The molecule has 0 aliphatic heterocycles. The van der Waals surface area contributed by atoms with Crippen molar-refractivity contribution in [2.24, 2.45) is 0 Å². The number of Topliss-reactive ketones (excluding diaryl/α,β-unsaturated/α-hetero) is 1. The van der Waals surface area contributed by atoms with Gasteiger partial charge in [-0.05, 0) is 23.9 Å². The van der Waals surface area contributed by atoms with Crippen LogP contribution in [-0.2, 0) is 4.79 Å². The van der Waals surface area contributed by atoms with E-state index in [-0.39, 0.29) is 48.2 Å². The number of carboxylic acid groups (broad SMARTS) is 1. The Hall–Kier alpha value is -1.36. The van der Waals surface area contributed by atoms with Crippen molar-refractivity contribution in [2.75, 3.05) is 7.11 Å². The van der Waals surface area contributed by atoms with Crippen LogP contribution >= 0.6 is 0 Å². The minimum Gasteiger partial charge on any atom is -0.550 e. The van der Waals surface area contributed by atoms with E-state index in [0.29, 0.717) is 11.3 Å². The summed E-state index contributed by atoms with van der Waals surface area (Å²) in [7, 11) is 1.57. The third-order valence-electron chi connectivity index (χ3n) is 2.96. The number of ketones is 1. The zero-order chi connectivity index (χ0) is 13.8. The summed E-state index contributed by atoms with van der Waals surface area (Å²) in [4.78, 5) is 22.4. The van der Waals surface area contributed by atoms with E-state index in [1.54, 1.807) is 19.2 Å². The van der Waals surface area contributed by atoms with E-state index in [1.807, 2.05) is 24.3 Å². The van der Waals surface area contributed by atoms with Gasteiger partial charge in [-0.15, -0.1) is 0 Å². The maximum absolute atomic E-state index is 12.0. The number of rotatable bonds is 5. The summed E-state index contributed by atoms with van der Waals surface area (Å²) in [6, 6.07) is 10.8. The molecule has 2 aromatic carbocycles. The summed E-state index contributed by atoms with van der Waals surface area (Å²) in [5.41, 5.74) is 0.512. The van der Waals surface area contributed by atoms with E-state index in [0.717, 1.165) is 10.8 Å². The Morgan fingerprint density at radius 1 is 1.05 bits per heavy atom. The summed E-state index contributed by atoms with van der Waals surface area (Å²) in [6.07, 6.45) is -0.322. The van der Waals surface area contributed by atoms with Crippen LogP contribution in [0.1, 0.15) is 23.2 Å². The van der Waals surface area contributed by atoms with Gasteiger partial charge in [0.2, 0.25) is 0 Å². The van der Waals surface area contributed by atoms with Gasteiger partial charge < -0.3 is 14.6 Å². The minimum absolute atomic E-state index is 0. The second-order valence-electron chi connectivity index (χ2n) is 4.16. The molecule has 0 heterocycles. The molecule has 5 heteroatoms. The van der Waals surface area contributed by atoms with Crippen molar-refractivity contribution in [3.8, 4) is 5.75 Å². The molecule has 20 heavy (non-hydrogen) atoms. The Morgan fingerprint density at radius 2 is 1.70 bits per heavy atom.